The first kappa shape index (κ1) is 16.9. The van der Waals surface area contributed by atoms with Crippen molar-refractivity contribution in [3.8, 4) is 0 Å². The third-order valence-electron chi connectivity index (χ3n) is 3.74. The van der Waals surface area contributed by atoms with Gasteiger partial charge in [0.05, 0.1) is 5.75 Å². The summed E-state index contributed by atoms with van der Waals surface area (Å²) >= 11 is 0. The number of nitrogens with one attached hydrogen (secondary N) is 2. The summed E-state index contributed by atoms with van der Waals surface area (Å²) in [7, 11) is -3.11. The van der Waals surface area contributed by atoms with E-state index in [1.807, 2.05) is 0 Å². The van der Waals surface area contributed by atoms with Crippen LogP contribution in [0.5, 0.6) is 0 Å². The molecule has 114 valence electrons. The molecule has 1 rings (SSSR count). The third-order valence-corrected chi connectivity index (χ3v) is 5.26. The highest BCUT2D eigenvalue weighted by atomic mass is 32.2. The van der Waals surface area contributed by atoms with Crippen molar-refractivity contribution >= 4 is 10.0 Å². The highest BCUT2D eigenvalue weighted by Gasteiger charge is 2.30. The summed E-state index contributed by atoms with van der Waals surface area (Å²) in [6.07, 6.45) is 6.04. The monoisotopic (exact) mass is 290 g/mol. The molecule has 0 spiro atoms. The average Bonchev–Trinajstić information content (AvgIpc) is 2.26. The Bertz CT molecular complexity index is 352. The molecular weight excluding hydrogens is 260 g/mol. The molecule has 1 unspecified atom stereocenters. The van der Waals surface area contributed by atoms with Crippen molar-refractivity contribution in [3.05, 3.63) is 0 Å². The Balaban J connectivity index is 2.29. The van der Waals surface area contributed by atoms with E-state index in [2.05, 4.69) is 30.8 Å². The van der Waals surface area contributed by atoms with Gasteiger partial charge in [-0.1, -0.05) is 27.2 Å². The predicted molar refractivity (Wildman–Crippen MR) is 80.7 cm³/mol. The summed E-state index contributed by atoms with van der Waals surface area (Å²) in [5.74, 6) is 0.237. The molecule has 0 aliphatic heterocycles. The summed E-state index contributed by atoms with van der Waals surface area (Å²) in [5.41, 5.74) is 0.272. The van der Waals surface area contributed by atoms with Crippen molar-refractivity contribution in [2.24, 2.45) is 5.41 Å². The van der Waals surface area contributed by atoms with Crippen LogP contribution in [0.4, 0.5) is 0 Å². The van der Waals surface area contributed by atoms with Gasteiger partial charge in [-0.25, -0.2) is 13.1 Å². The molecule has 19 heavy (non-hydrogen) atoms. The summed E-state index contributed by atoms with van der Waals surface area (Å²) in [6.45, 7) is 8.30. The Morgan fingerprint density at radius 2 is 2.00 bits per heavy atom. The van der Waals surface area contributed by atoms with E-state index in [1.54, 1.807) is 0 Å². The second-order valence-electron chi connectivity index (χ2n) is 6.50. The van der Waals surface area contributed by atoms with Gasteiger partial charge in [-0.2, -0.15) is 0 Å². The quantitative estimate of drug-likeness (QED) is 0.674. The van der Waals surface area contributed by atoms with Crippen molar-refractivity contribution in [1.29, 1.82) is 0 Å². The zero-order valence-corrected chi connectivity index (χ0v) is 13.5. The van der Waals surface area contributed by atoms with Crippen molar-refractivity contribution < 1.29 is 8.42 Å². The van der Waals surface area contributed by atoms with Crippen LogP contribution >= 0.6 is 0 Å². The summed E-state index contributed by atoms with van der Waals surface area (Å²) in [4.78, 5) is 0. The summed E-state index contributed by atoms with van der Waals surface area (Å²) in [6, 6.07) is 0.136. The molecule has 0 heterocycles. The number of hydrogen-bond donors (Lipinski definition) is 2. The summed E-state index contributed by atoms with van der Waals surface area (Å²) in [5, 5.41) is 3.23. The lowest BCUT2D eigenvalue weighted by atomic mass is 9.75. The Hall–Kier alpha value is -0.130. The molecule has 1 fully saturated rings. The molecule has 0 saturated heterocycles. The van der Waals surface area contributed by atoms with E-state index in [-0.39, 0.29) is 17.2 Å². The Morgan fingerprint density at radius 3 is 2.63 bits per heavy atom. The molecule has 0 bridgehead atoms. The fourth-order valence-electron chi connectivity index (χ4n) is 2.80. The second-order valence-corrected chi connectivity index (χ2v) is 8.37. The molecule has 0 amide bonds. The largest absolute Gasteiger partial charge is 0.317 e. The van der Waals surface area contributed by atoms with E-state index in [9.17, 15) is 8.42 Å². The molecule has 1 saturated carbocycles. The summed E-state index contributed by atoms with van der Waals surface area (Å²) < 4.78 is 26.9. The van der Waals surface area contributed by atoms with E-state index in [0.717, 1.165) is 38.8 Å². The molecule has 1 aliphatic rings. The second kappa shape index (κ2) is 7.60. The maximum atomic E-state index is 12.0. The lowest BCUT2D eigenvalue weighted by Crippen LogP contribution is -2.41. The Kier molecular flexibility index (Phi) is 6.77. The molecule has 5 heteroatoms. The minimum absolute atomic E-state index is 0.136. The fourth-order valence-corrected chi connectivity index (χ4v) is 4.15. The van der Waals surface area contributed by atoms with E-state index >= 15 is 0 Å². The Morgan fingerprint density at radius 1 is 1.26 bits per heavy atom. The minimum Gasteiger partial charge on any atom is -0.317 e. The van der Waals surface area contributed by atoms with E-state index in [0.29, 0.717) is 6.42 Å². The number of rotatable bonds is 8. The third kappa shape index (κ3) is 7.28. The van der Waals surface area contributed by atoms with Crippen LogP contribution in [0.1, 0.15) is 59.3 Å². The zero-order chi connectivity index (χ0) is 14.4. The van der Waals surface area contributed by atoms with Crippen LogP contribution in [-0.2, 0) is 10.0 Å². The Labute approximate surface area is 118 Å². The minimum atomic E-state index is -3.11. The van der Waals surface area contributed by atoms with Gasteiger partial charge in [0.15, 0.2) is 0 Å². The van der Waals surface area contributed by atoms with Crippen LogP contribution in [0.25, 0.3) is 0 Å². The van der Waals surface area contributed by atoms with E-state index in [4.69, 9.17) is 0 Å². The van der Waals surface area contributed by atoms with Crippen LogP contribution in [-0.4, -0.2) is 33.3 Å². The molecule has 2 N–H and O–H groups in total. The van der Waals surface area contributed by atoms with Gasteiger partial charge in [-0.15, -0.1) is 0 Å². The first-order valence-corrected chi connectivity index (χ1v) is 9.20. The van der Waals surface area contributed by atoms with Crippen LogP contribution in [0.3, 0.4) is 0 Å². The predicted octanol–water partition coefficient (Wildman–Crippen LogP) is 2.26. The molecular formula is C14H30N2O2S. The van der Waals surface area contributed by atoms with Crippen molar-refractivity contribution in [3.63, 3.8) is 0 Å². The standard InChI is InChI=1S/C14H30N2O2S/c1-4-9-15-10-6-11-19(17,18)16-13-7-5-8-14(2,3)12-13/h13,15-16H,4-12H2,1-3H3. The van der Waals surface area contributed by atoms with Crippen molar-refractivity contribution in [1.82, 2.24) is 10.0 Å². The van der Waals surface area contributed by atoms with Crippen LogP contribution in [0.15, 0.2) is 0 Å². The lowest BCUT2D eigenvalue weighted by Gasteiger charge is -2.35. The maximum Gasteiger partial charge on any atom is 0.211 e. The van der Waals surface area contributed by atoms with Gasteiger partial charge < -0.3 is 5.32 Å². The molecule has 0 aromatic rings. The van der Waals surface area contributed by atoms with Gasteiger partial charge in [0.1, 0.15) is 0 Å². The lowest BCUT2D eigenvalue weighted by molar-refractivity contribution is 0.212. The molecule has 1 atom stereocenters. The maximum absolute atomic E-state index is 12.0. The van der Waals surface area contributed by atoms with Crippen molar-refractivity contribution in [2.75, 3.05) is 18.8 Å². The average molecular weight is 290 g/mol. The van der Waals surface area contributed by atoms with Crippen LogP contribution in [0.2, 0.25) is 0 Å². The molecule has 1 aliphatic carbocycles. The van der Waals surface area contributed by atoms with Crippen LogP contribution < -0.4 is 10.0 Å². The molecule has 0 radical (unpaired) electrons. The smallest absolute Gasteiger partial charge is 0.211 e. The van der Waals surface area contributed by atoms with Crippen molar-refractivity contribution in [2.45, 2.75) is 65.3 Å². The van der Waals surface area contributed by atoms with Gasteiger partial charge in [-0.05, 0) is 50.6 Å². The van der Waals surface area contributed by atoms with Gasteiger partial charge in [0.25, 0.3) is 0 Å². The topological polar surface area (TPSA) is 58.2 Å². The van der Waals surface area contributed by atoms with Gasteiger partial charge in [0.2, 0.25) is 10.0 Å². The van der Waals surface area contributed by atoms with Gasteiger partial charge in [0, 0.05) is 6.04 Å². The first-order valence-electron chi connectivity index (χ1n) is 7.55. The first-order chi connectivity index (χ1) is 8.85. The molecule has 0 aromatic carbocycles. The van der Waals surface area contributed by atoms with Gasteiger partial charge in [-0.3, -0.25) is 0 Å². The SMILES string of the molecule is CCCNCCCS(=O)(=O)NC1CCCC(C)(C)C1. The fraction of sp³-hybridized carbons (Fsp3) is 1.00. The van der Waals surface area contributed by atoms with E-state index in [1.165, 1.54) is 6.42 Å². The molecule has 0 aromatic heterocycles. The highest BCUT2D eigenvalue weighted by Crippen LogP contribution is 2.35. The molecule has 4 nitrogen and oxygen atoms in total. The highest BCUT2D eigenvalue weighted by molar-refractivity contribution is 7.89. The van der Waals surface area contributed by atoms with E-state index < -0.39 is 10.0 Å². The number of sulfonamides is 1. The van der Waals surface area contributed by atoms with Crippen LogP contribution in [0, 0.1) is 5.41 Å². The zero-order valence-electron chi connectivity index (χ0n) is 12.7. The van der Waals surface area contributed by atoms with Gasteiger partial charge >= 0.3 is 0 Å². The number of hydrogen-bond acceptors (Lipinski definition) is 3. The normalized spacial score (nSPS) is 23.4.